The molecule has 4 nitrogen and oxygen atoms in total. The molecule has 29 heavy (non-hydrogen) atoms. The zero-order valence-electron chi connectivity index (χ0n) is 16.8. The van der Waals surface area contributed by atoms with Crippen LogP contribution < -0.4 is 15.8 Å². The molecular formula is C24H29FN2O2. The number of carbonyl (C=O) groups is 1. The van der Waals surface area contributed by atoms with Crippen molar-refractivity contribution in [2.45, 2.75) is 44.2 Å². The number of carbonyl (C=O) groups excluding carboxylic acids is 1. The van der Waals surface area contributed by atoms with E-state index in [9.17, 15) is 9.18 Å². The van der Waals surface area contributed by atoms with Gasteiger partial charge in [0.2, 0.25) is 5.91 Å². The van der Waals surface area contributed by atoms with Crippen molar-refractivity contribution in [2.24, 2.45) is 23.5 Å². The third-order valence-electron chi connectivity index (χ3n) is 6.72. The highest BCUT2D eigenvalue weighted by Crippen LogP contribution is 2.42. The topological polar surface area (TPSA) is 64.3 Å². The van der Waals surface area contributed by atoms with Gasteiger partial charge in [-0.1, -0.05) is 30.7 Å². The second-order valence-electron chi connectivity index (χ2n) is 8.46. The molecule has 2 saturated carbocycles. The van der Waals surface area contributed by atoms with Crippen LogP contribution in [0.2, 0.25) is 0 Å². The molecule has 2 aromatic rings. The number of methoxy groups -OCH3 is 1. The Morgan fingerprint density at radius 2 is 1.59 bits per heavy atom. The molecule has 0 saturated heterocycles. The van der Waals surface area contributed by atoms with Crippen LogP contribution in [0.25, 0.3) is 0 Å². The molecule has 2 aromatic carbocycles. The van der Waals surface area contributed by atoms with E-state index in [4.69, 9.17) is 10.5 Å². The lowest BCUT2D eigenvalue weighted by Gasteiger charge is -2.43. The predicted octanol–water partition coefficient (Wildman–Crippen LogP) is 4.19. The number of hydrogen-bond donors (Lipinski definition) is 2. The quantitative estimate of drug-likeness (QED) is 0.796. The highest BCUT2D eigenvalue weighted by atomic mass is 19.1. The van der Waals surface area contributed by atoms with Gasteiger partial charge in [0.25, 0.3) is 0 Å². The van der Waals surface area contributed by atoms with E-state index in [0.29, 0.717) is 11.8 Å². The summed E-state index contributed by atoms with van der Waals surface area (Å²) in [5, 5.41) is 3.24. The fourth-order valence-electron chi connectivity index (χ4n) is 5.07. The van der Waals surface area contributed by atoms with E-state index < -0.39 is 0 Å². The highest BCUT2D eigenvalue weighted by molar-refractivity contribution is 5.80. The molecule has 4 rings (SSSR count). The molecule has 2 fully saturated rings. The maximum absolute atomic E-state index is 13.5. The molecule has 3 unspecified atom stereocenters. The molecule has 0 radical (unpaired) electrons. The first-order valence-corrected chi connectivity index (χ1v) is 10.5. The summed E-state index contributed by atoms with van der Waals surface area (Å²) >= 11 is 0. The molecule has 0 heterocycles. The summed E-state index contributed by atoms with van der Waals surface area (Å²) < 4.78 is 18.7. The van der Waals surface area contributed by atoms with Gasteiger partial charge in [-0.3, -0.25) is 4.79 Å². The van der Waals surface area contributed by atoms with Gasteiger partial charge < -0.3 is 15.8 Å². The Morgan fingerprint density at radius 1 is 1.03 bits per heavy atom. The van der Waals surface area contributed by atoms with Crippen LogP contribution in [0.3, 0.4) is 0 Å². The minimum atomic E-state index is -0.329. The Bertz CT molecular complexity index is 823. The molecule has 5 heteroatoms. The van der Waals surface area contributed by atoms with Gasteiger partial charge in [0.15, 0.2) is 0 Å². The molecule has 2 aliphatic carbocycles. The largest absolute Gasteiger partial charge is 0.497 e. The SMILES string of the molecule is COc1ccc(C(NC(=O)C2CC3CCCC(C2)C3N)c2ccc(F)cc2)cc1. The normalized spacial score (nSPS) is 27.1. The Hall–Kier alpha value is -2.40. The Kier molecular flexibility index (Phi) is 5.86. The molecule has 0 aliphatic heterocycles. The molecule has 3 atom stereocenters. The first-order valence-electron chi connectivity index (χ1n) is 10.5. The van der Waals surface area contributed by atoms with E-state index in [1.165, 1.54) is 18.6 Å². The number of amides is 1. The fraction of sp³-hybridized carbons (Fsp3) is 0.458. The van der Waals surface area contributed by atoms with E-state index in [-0.39, 0.29) is 29.7 Å². The summed E-state index contributed by atoms with van der Waals surface area (Å²) in [5.41, 5.74) is 8.19. The number of hydrogen-bond acceptors (Lipinski definition) is 3. The third-order valence-corrected chi connectivity index (χ3v) is 6.72. The van der Waals surface area contributed by atoms with Gasteiger partial charge >= 0.3 is 0 Å². The van der Waals surface area contributed by atoms with Crippen LogP contribution >= 0.6 is 0 Å². The van der Waals surface area contributed by atoms with Crippen LogP contribution in [0.15, 0.2) is 48.5 Å². The molecule has 2 aliphatic rings. The van der Waals surface area contributed by atoms with E-state index in [1.54, 1.807) is 19.2 Å². The van der Waals surface area contributed by atoms with Crippen LogP contribution in [-0.2, 0) is 4.79 Å². The number of nitrogens with two attached hydrogens (primary N) is 1. The van der Waals surface area contributed by atoms with E-state index >= 15 is 0 Å². The fourth-order valence-corrected chi connectivity index (χ4v) is 5.07. The van der Waals surface area contributed by atoms with Gasteiger partial charge in [0.05, 0.1) is 13.2 Å². The van der Waals surface area contributed by atoms with E-state index in [0.717, 1.165) is 42.6 Å². The van der Waals surface area contributed by atoms with Crippen molar-refractivity contribution in [2.75, 3.05) is 7.11 Å². The zero-order chi connectivity index (χ0) is 20.4. The predicted molar refractivity (Wildman–Crippen MR) is 111 cm³/mol. The summed E-state index contributed by atoms with van der Waals surface area (Å²) in [6.45, 7) is 0. The molecule has 0 spiro atoms. The van der Waals surface area contributed by atoms with E-state index in [1.807, 2.05) is 24.3 Å². The molecule has 2 bridgehead atoms. The van der Waals surface area contributed by atoms with Crippen molar-refractivity contribution < 1.29 is 13.9 Å². The van der Waals surface area contributed by atoms with Crippen molar-refractivity contribution in [3.05, 3.63) is 65.5 Å². The molecule has 0 aromatic heterocycles. The third kappa shape index (κ3) is 4.30. The number of fused-ring (bicyclic) bond motifs is 2. The van der Waals surface area contributed by atoms with Crippen LogP contribution in [0.4, 0.5) is 4.39 Å². The zero-order valence-corrected chi connectivity index (χ0v) is 16.8. The molecule has 3 N–H and O–H groups in total. The standard InChI is InChI=1S/C24H29FN2O2/c1-29-21-11-7-16(8-12-21)23(15-5-9-20(25)10-6-15)27-24(28)19-13-17-3-2-4-18(14-19)22(17)26/h5-12,17-19,22-23H,2-4,13-14,26H2,1H3,(H,27,28). The smallest absolute Gasteiger partial charge is 0.223 e. The monoisotopic (exact) mass is 396 g/mol. The van der Waals surface area contributed by atoms with Crippen LogP contribution in [0, 0.1) is 23.6 Å². The lowest BCUT2D eigenvalue weighted by atomic mass is 9.65. The minimum Gasteiger partial charge on any atom is -0.497 e. The Labute approximate surface area is 171 Å². The Balaban J connectivity index is 1.56. The van der Waals surface area contributed by atoms with Crippen molar-refractivity contribution in [1.82, 2.24) is 5.32 Å². The minimum absolute atomic E-state index is 0.00806. The van der Waals surface area contributed by atoms with Crippen LogP contribution in [-0.4, -0.2) is 19.1 Å². The van der Waals surface area contributed by atoms with Crippen molar-refractivity contribution in [3.63, 3.8) is 0 Å². The lowest BCUT2D eigenvalue weighted by Crippen LogP contribution is -2.49. The molecule has 154 valence electrons. The Morgan fingerprint density at radius 3 is 2.14 bits per heavy atom. The van der Waals surface area contributed by atoms with Gasteiger partial charge in [-0.15, -0.1) is 0 Å². The number of rotatable bonds is 5. The van der Waals surface area contributed by atoms with Gasteiger partial charge in [-0.2, -0.15) is 0 Å². The van der Waals surface area contributed by atoms with Crippen molar-refractivity contribution in [3.8, 4) is 5.75 Å². The average Bonchev–Trinajstić information content (AvgIpc) is 2.72. The van der Waals surface area contributed by atoms with Crippen LogP contribution in [0.5, 0.6) is 5.75 Å². The number of halogens is 1. The second kappa shape index (κ2) is 8.54. The maximum Gasteiger partial charge on any atom is 0.223 e. The lowest BCUT2D eigenvalue weighted by molar-refractivity contribution is -0.128. The molecular weight excluding hydrogens is 367 g/mol. The number of ether oxygens (including phenoxy) is 1. The highest BCUT2D eigenvalue weighted by Gasteiger charge is 2.40. The summed E-state index contributed by atoms with van der Waals surface area (Å²) in [6, 6.07) is 13.9. The first kappa shape index (κ1) is 19.9. The summed E-state index contributed by atoms with van der Waals surface area (Å²) in [5.74, 6) is 1.42. The van der Waals surface area contributed by atoms with Gasteiger partial charge in [-0.05, 0) is 72.9 Å². The maximum atomic E-state index is 13.5. The molecule has 1 amide bonds. The van der Waals surface area contributed by atoms with Crippen molar-refractivity contribution in [1.29, 1.82) is 0 Å². The van der Waals surface area contributed by atoms with E-state index in [2.05, 4.69) is 5.32 Å². The van der Waals surface area contributed by atoms with Crippen molar-refractivity contribution >= 4 is 5.91 Å². The van der Waals surface area contributed by atoms with Gasteiger partial charge in [0.1, 0.15) is 11.6 Å². The van der Waals surface area contributed by atoms with Gasteiger partial charge in [-0.25, -0.2) is 4.39 Å². The number of nitrogens with one attached hydrogen (secondary N) is 1. The van der Waals surface area contributed by atoms with Gasteiger partial charge in [0, 0.05) is 12.0 Å². The average molecular weight is 397 g/mol. The summed E-state index contributed by atoms with van der Waals surface area (Å²) in [7, 11) is 1.62. The number of benzene rings is 2. The summed E-state index contributed by atoms with van der Waals surface area (Å²) in [6.07, 6.45) is 5.20. The summed E-state index contributed by atoms with van der Waals surface area (Å²) in [4.78, 5) is 13.2. The second-order valence-corrected chi connectivity index (χ2v) is 8.46. The first-order chi connectivity index (χ1) is 14.0. The van der Waals surface area contributed by atoms with Crippen LogP contribution in [0.1, 0.15) is 49.3 Å².